The summed E-state index contributed by atoms with van der Waals surface area (Å²) in [5, 5.41) is 3.62. The van der Waals surface area contributed by atoms with Crippen LogP contribution in [0.3, 0.4) is 0 Å². The van der Waals surface area contributed by atoms with Crippen molar-refractivity contribution in [3.63, 3.8) is 0 Å². The summed E-state index contributed by atoms with van der Waals surface area (Å²) >= 11 is 0. The minimum Gasteiger partial charge on any atom is -0.454 e. The van der Waals surface area contributed by atoms with Crippen LogP contribution in [0.4, 0.5) is 0 Å². The molecule has 1 fully saturated rings. The first-order chi connectivity index (χ1) is 9.33. The van der Waals surface area contributed by atoms with Gasteiger partial charge in [0.25, 0.3) is 0 Å². The van der Waals surface area contributed by atoms with E-state index in [0.717, 1.165) is 24.0 Å². The number of hydrogen-bond acceptors (Lipinski definition) is 3. The van der Waals surface area contributed by atoms with Gasteiger partial charge in [-0.25, -0.2) is 0 Å². The lowest BCUT2D eigenvalue weighted by molar-refractivity contribution is 0.174. The number of benzene rings is 1. The first-order valence-electron chi connectivity index (χ1n) is 7.46. The Labute approximate surface area is 115 Å². The standard InChI is InChI=1S/C16H23NO2/c1-12(17-9-8-13-4-2-3-5-13)14-6-7-15-16(10-14)19-11-18-15/h6-7,10,12-13,17H,2-5,8-9,11H2,1H3. The molecule has 19 heavy (non-hydrogen) atoms. The van der Waals surface area contributed by atoms with E-state index in [1.54, 1.807) is 0 Å². The van der Waals surface area contributed by atoms with Crippen LogP contribution in [0.1, 0.15) is 50.6 Å². The molecule has 2 aliphatic rings. The van der Waals surface area contributed by atoms with Crippen LogP contribution in [0.5, 0.6) is 11.5 Å². The highest BCUT2D eigenvalue weighted by atomic mass is 16.7. The van der Waals surface area contributed by atoms with Crippen molar-refractivity contribution in [2.24, 2.45) is 5.92 Å². The smallest absolute Gasteiger partial charge is 0.231 e. The molecule has 1 aliphatic carbocycles. The van der Waals surface area contributed by atoms with Gasteiger partial charge < -0.3 is 14.8 Å². The molecule has 1 aromatic rings. The first-order valence-corrected chi connectivity index (χ1v) is 7.46. The number of ether oxygens (including phenoxy) is 2. The molecule has 0 amide bonds. The maximum Gasteiger partial charge on any atom is 0.231 e. The van der Waals surface area contributed by atoms with E-state index in [1.165, 1.54) is 37.7 Å². The van der Waals surface area contributed by atoms with Gasteiger partial charge in [0.2, 0.25) is 6.79 Å². The van der Waals surface area contributed by atoms with Crippen molar-refractivity contribution in [1.82, 2.24) is 5.32 Å². The van der Waals surface area contributed by atoms with E-state index in [0.29, 0.717) is 12.8 Å². The fourth-order valence-electron chi connectivity index (χ4n) is 3.10. The number of rotatable bonds is 5. The third-order valence-electron chi connectivity index (χ3n) is 4.37. The minimum absolute atomic E-state index is 0.349. The maximum absolute atomic E-state index is 5.43. The average Bonchev–Trinajstić information content (AvgIpc) is 3.08. The van der Waals surface area contributed by atoms with Crippen molar-refractivity contribution >= 4 is 0 Å². The molecule has 0 radical (unpaired) electrons. The van der Waals surface area contributed by atoms with Crippen LogP contribution in [-0.2, 0) is 0 Å². The zero-order chi connectivity index (χ0) is 13.1. The average molecular weight is 261 g/mol. The second-order valence-corrected chi connectivity index (χ2v) is 5.73. The van der Waals surface area contributed by atoms with Crippen LogP contribution in [0.15, 0.2) is 18.2 Å². The van der Waals surface area contributed by atoms with Crippen molar-refractivity contribution in [1.29, 1.82) is 0 Å². The third kappa shape index (κ3) is 3.03. The first kappa shape index (κ1) is 12.8. The molecule has 1 N–H and O–H groups in total. The lowest BCUT2D eigenvalue weighted by Gasteiger charge is -2.16. The molecular weight excluding hydrogens is 238 g/mol. The van der Waals surface area contributed by atoms with Crippen LogP contribution < -0.4 is 14.8 Å². The van der Waals surface area contributed by atoms with Crippen molar-refractivity contribution in [3.8, 4) is 11.5 Å². The molecular formula is C16H23NO2. The maximum atomic E-state index is 5.43. The molecule has 1 unspecified atom stereocenters. The molecule has 1 heterocycles. The fourth-order valence-corrected chi connectivity index (χ4v) is 3.10. The zero-order valence-electron chi connectivity index (χ0n) is 11.7. The van der Waals surface area contributed by atoms with Gasteiger partial charge in [0, 0.05) is 6.04 Å². The third-order valence-corrected chi connectivity index (χ3v) is 4.37. The lowest BCUT2D eigenvalue weighted by atomic mass is 10.0. The summed E-state index contributed by atoms with van der Waals surface area (Å²) in [5.41, 5.74) is 1.27. The Balaban J connectivity index is 1.50. The highest BCUT2D eigenvalue weighted by molar-refractivity contribution is 5.45. The van der Waals surface area contributed by atoms with Crippen molar-refractivity contribution in [2.45, 2.75) is 45.1 Å². The van der Waals surface area contributed by atoms with E-state index < -0.39 is 0 Å². The summed E-state index contributed by atoms with van der Waals surface area (Å²) in [6.07, 6.45) is 7.04. The Morgan fingerprint density at radius 1 is 1.21 bits per heavy atom. The summed E-state index contributed by atoms with van der Waals surface area (Å²) in [6, 6.07) is 6.60. The van der Waals surface area contributed by atoms with Gasteiger partial charge in [-0.05, 0) is 43.5 Å². The molecule has 104 valence electrons. The molecule has 3 nitrogen and oxygen atoms in total. The molecule has 1 atom stereocenters. The summed E-state index contributed by atoms with van der Waals surface area (Å²) < 4.78 is 10.8. The summed E-state index contributed by atoms with van der Waals surface area (Å²) in [5.74, 6) is 2.69. The molecule has 3 rings (SSSR count). The predicted octanol–water partition coefficient (Wildman–Crippen LogP) is 3.65. The topological polar surface area (TPSA) is 30.5 Å². The van der Waals surface area contributed by atoms with Crippen LogP contribution >= 0.6 is 0 Å². The van der Waals surface area contributed by atoms with Crippen LogP contribution in [0, 0.1) is 5.92 Å². The Morgan fingerprint density at radius 3 is 2.84 bits per heavy atom. The fraction of sp³-hybridized carbons (Fsp3) is 0.625. The summed E-state index contributed by atoms with van der Waals surface area (Å²) in [6.45, 7) is 3.68. The predicted molar refractivity (Wildman–Crippen MR) is 75.6 cm³/mol. The number of hydrogen-bond donors (Lipinski definition) is 1. The number of nitrogens with one attached hydrogen (secondary N) is 1. The van der Waals surface area contributed by atoms with Crippen LogP contribution in [0.2, 0.25) is 0 Å². The molecule has 1 aromatic carbocycles. The second kappa shape index (κ2) is 5.83. The molecule has 0 spiro atoms. The molecule has 1 saturated carbocycles. The van der Waals surface area contributed by atoms with Gasteiger partial charge in [0.15, 0.2) is 11.5 Å². The largest absolute Gasteiger partial charge is 0.454 e. The highest BCUT2D eigenvalue weighted by Gasteiger charge is 2.17. The van der Waals surface area contributed by atoms with E-state index in [-0.39, 0.29) is 0 Å². The Kier molecular flexibility index (Phi) is 3.92. The highest BCUT2D eigenvalue weighted by Crippen LogP contribution is 2.34. The van der Waals surface area contributed by atoms with E-state index in [1.807, 2.05) is 6.07 Å². The van der Waals surface area contributed by atoms with E-state index in [9.17, 15) is 0 Å². The molecule has 0 saturated heterocycles. The Hall–Kier alpha value is -1.22. The number of fused-ring (bicyclic) bond motifs is 1. The van der Waals surface area contributed by atoms with Gasteiger partial charge in [0.05, 0.1) is 0 Å². The Bertz CT molecular complexity index is 427. The van der Waals surface area contributed by atoms with Gasteiger partial charge in [-0.3, -0.25) is 0 Å². The van der Waals surface area contributed by atoms with Crippen LogP contribution in [-0.4, -0.2) is 13.3 Å². The van der Waals surface area contributed by atoms with E-state index in [4.69, 9.17) is 9.47 Å². The monoisotopic (exact) mass is 261 g/mol. The lowest BCUT2D eigenvalue weighted by Crippen LogP contribution is -2.21. The molecule has 1 aliphatic heterocycles. The van der Waals surface area contributed by atoms with Gasteiger partial charge in [-0.1, -0.05) is 31.7 Å². The van der Waals surface area contributed by atoms with Gasteiger partial charge in [-0.2, -0.15) is 0 Å². The van der Waals surface area contributed by atoms with Crippen molar-refractivity contribution < 1.29 is 9.47 Å². The van der Waals surface area contributed by atoms with Gasteiger partial charge >= 0.3 is 0 Å². The summed E-state index contributed by atoms with van der Waals surface area (Å²) in [7, 11) is 0. The van der Waals surface area contributed by atoms with Crippen molar-refractivity contribution in [2.75, 3.05) is 13.3 Å². The molecule has 0 aromatic heterocycles. The van der Waals surface area contributed by atoms with Crippen LogP contribution in [0.25, 0.3) is 0 Å². The minimum atomic E-state index is 0.349. The van der Waals surface area contributed by atoms with E-state index >= 15 is 0 Å². The summed E-state index contributed by atoms with van der Waals surface area (Å²) in [4.78, 5) is 0. The van der Waals surface area contributed by atoms with Gasteiger partial charge in [-0.15, -0.1) is 0 Å². The van der Waals surface area contributed by atoms with E-state index in [2.05, 4.69) is 24.4 Å². The molecule has 0 bridgehead atoms. The zero-order valence-corrected chi connectivity index (χ0v) is 11.7. The Morgan fingerprint density at radius 2 is 2.00 bits per heavy atom. The quantitative estimate of drug-likeness (QED) is 0.877. The van der Waals surface area contributed by atoms with Gasteiger partial charge in [0.1, 0.15) is 0 Å². The molecule has 3 heteroatoms. The second-order valence-electron chi connectivity index (χ2n) is 5.73. The normalized spacial score (nSPS) is 19.8. The SMILES string of the molecule is CC(NCCC1CCCC1)c1ccc2c(c1)OCO2. The van der Waals surface area contributed by atoms with Crippen molar-refractivity contribution in [3.05, 3.63) is 23.8 Å².